The van der Waals surface area contributed by atoms with Crippen LogP contribution in [0.3, 0.4) is 0 Å². The van der Waals surface area contributed by atoms with Gasteiger partial charge in [-0.15, -0.1) is 0 Å². The van der Waals surface area contributed by atoms with Gasteiger partial charge < -0.3 is 4.74 Å². The van der Waals surface area contributed by atoms with Gasteiger partial charge in [0, 0.05) is 5.57 Å². The van der Waals surface area contributed by atoms with Crippen LogP contribution in [0.1, 0.15) is 63.5 Å². The van der Waals surface area contributed by atoms with Crippen LogP contribution in [-0.2, 0) is 9.53 Å². The van der Waals surface area contributed by atoms with Gasteiger partial charge in [0.25, 0.3) is 0 Å². The molecule has 0 aliphatic heterocycles. The molecule has 0 heterocycles. The van der Waals surface area contributed by atoms with Gasteiger partial charge in [-0.05, 0) is 24.5 Å². The van der Waals surface area contributed by atoms with Crippen molar-refractivity contribution in [1.82, 2.24) is 0 Å². The van der Waals surface area contributed by atoms with Crippen LogP contribution in [0, 0.1) is 0 Å². The van der Waals surface area contributed by atoms with Crippen molar-refractivity contribution in [2.75, 3.05) is 6.61 Å². The average molecular weight is 328 g/mol. The van der Waals surface area contributed by atoms with E-state index in [0.29, 0.717) is 12.2 Å². The fourth-order valence-corrected chi connectivity index (χ4v) is 2.05. The number of benzene rings is 1. The third-order valence-corrected chi connectivity index (χ3v) is 3.52. The number of carbonyl (C=O) groups excluding carboxylic acids is 1. The molecule has 2 heteroatoms. The summed E-state index contributed by atoms with van der Waals surface area (Å²) in [5.41, 5.74) is 2.76. The molecular weight excluding hydrogens is 296 g/mol. The molecule has 1 rings (SSSR count). The second-order valence-electron chi connectivity index (χ2n) is 5.72. The van der Waals surface area contributed by atoms with Crippen LogP contribution in [0.4, 0.5) is 0 Å². The molecule has 2 nitrogen and oxygen atoms in total. The highest BCUT2D eigenvalue weighted by Crippen LogP contribution is 2.10. The van der Waals surface area contributed by atoms with Gasteiger partial charge in [-0.25, -0.2) is 4.79 Å². The zero-order chi connectivity index (χ0) is 18.2. The summed E-state index contributed by atoms with van der Waals surface area (Å²) in [5.74, 6) is -0.265. The second-order valence-corrected chi connectivity index (χ2v) is 5.72. The lowest BCUT2D eigenvalue weighted by molar-refractivity contribution is -0.139. The number of rotatable bonds is 10. The van der Waals surface area contributed by atoms with Crippen LogP contribution in [0.2, 0.25) is 0 Å². The van der Waals surface area contributed by atoms with Crippen molar-refractivity contribution in [1.29, 1.82) is 0 Å². The summed E-state index contributed by atoms with van der Waals surface area (Å²) in [5, 5.41) is 0. The summed E-state index contributed by atoms with van der Waals surface area (Å²) in [4.78, 5) is 11.0. The van der Waals surface area contributed by atoms with Crippen molar-refractivity contribution in [3.8, 4) is 0 Å². The van der Waals surface area contributed by atoms with Gasteiger partial charge >= 0.3 is 5.97 Å². The predicted molar refractivity (Wildman–Crippen MR) is 106 cm³/mol. The summed E-state index contributed by atoms with van der Waals surface area (Å²) < 4.78 is 4.97. The number of hydrogen-bond acceptors (Lipinski definition) is 2. The van der Waals surface area contributed by atoms with Crippen molar-refractivity contribution in [3.63, 3.8) is 0 Å². The van der Waals surface area contributed by atoms with Crippen LogP contribution in [0.15, 0.2) is 49.6 Å². The normalized spacial score (nSPS) is 9.42. The Morgan fingerprint density at radius 2 is 1.50 bits per heavy atom. The monoisotopic (exact) mass is 328 g/mol. The first-order chi connectivity index (χ1) is 11.6. The maximum absolute atomic E-state index is 11.0. The first-order valence-electron chi connectivity index (χ1n) is 8.73. The Balaban J connectivity index is 0.000000463. The van der Waals surface area contributed by atoms with Gasteiger partial charge in [-0.2, -0.15) is 0 Å². The van der Waals surface area contributed by atoms with Gasteiger partial charge in [0.05, 0.1) is 6.61 Å². The minimum absolute atomic E-state index is 0.265. The molecule has 1 aromatic carbocycles. The lowest BCUT2D eigenvalue weighted by Crippen LogP contribution is -2.05. The summed E-state index contributed by atoms with van der Waals surface area (Å²) in [6.07, 6.45) is 10.9. The molecule has 0 saturated carbocycles. The first kappa shape index (κ1) is 21.9. The van der Waals surface area contributed by atoms with Crippen molar-refractivity contribution in [2.45, 2.75) is 52.4 Å². The zero-order valence-electron chi connectivity index (χ0n) is 15.4. The predicted octanol–water partition coefficient (Wildman–Crippen LogP) is 6.44. The highest BCUT2D eigenvalue weighted by Gasteiger charge is 2.01. The van der Waals surface area contributed by atoms with Crippen LogP contribution >= 0.6 is 0 Å². The smallest absolute Gasteiger partial charge is 0.333 e. The van der Waals surface area contributed by atoms with Crippen LogP contribution < -0.4 is 0 Å². The lowest BCUT2D eigenvalue weighted by atomic mass is 10.1. The van der Waals surface area contributed by atoms with E-state index in [1.54, 1.807) is 6.92 Å². The fraction of sp³-hybridized carbons (Fsp3) is 0.409. The molecule has 132 valence electrons. The Bertz CT molecular complexity index is 487. The van der Waals surface area contributed by atoms with Crippen LogP contribution in [0.5, 0.6) is 0 Å². The van der Waals surface area contributed by atoms with Crippen molar-refractivity contribution >= 4 is 18.1 Å². The van der Waals surface area contributed by atoms with E-state index in [1.165, 1.54) is 25.7 Å². The molecule has 0 N–H and O–H groups in total. The maximum Gasteiger partial charge on any atom is 0.333 e. The summed E-state index contributed by atoms with van der Waals surface area (Å²) >= 11 is 0. The Morgan fingerprint density at radius 3 is 1.96 bits per heavy atom. The van der Waals surface area contributed by atoms with Gasteiger partial charge in [0.2, 0.25) is 0 Å². The molecule has 0 aliphatic carbocycles. The van der Waals surface area contributed by atoms with E-state index >= 15 is 0 Å². The topological polar surface area (TPSA) is 26.3 Å². The molecule has 0 aliphatic rings. The molecular formula is C22H32O2. The fourth-order valence-electron chi connectivity index (χ4n) is 2.05. The molecule has 0 atom stereocenters. The molecule has 1 aromatic rings. The van der Waals surface area contributed by atoms with Gasteiger partial charge in [0.1, 0.15) is 0 Å². The molecule has 0 unspecified atom stereocenters. The quantitative estimate of drug-likeness (QED) is 0.281. The third kappa shape index (κ3) is 10.6. The molecule has 0 saturated heterocycles. The van der Waals surface area contributed by atoms with E-state index < -0.39 is 0 Å². The zero-order valence-corrected chi connectivity index (χ0v) is 15.4. The van der Waals surface area contributed by atoms with Crippen molar-refractivity contribution in [3.05, 3.63) is 60.7 Å². The molecule has 24 heavy (non-hydrogen) atoms. The highest BCUT2D eigenvalue weighted by atomic mass is 16.5. The van der Waals surface area contributed by atoms with E-state index in [9.17, 15) is 4.79 Å². The third-order valence-electron chi connectivity index (χ3n) is 3.52. The molecule has 0 aromatic heterocycles. The Hall–Kier alpha value is -2.09. The maximum atomic E-state index is 11.0. The van der Waals surface area contributed by atoms with Gasteiger partial charge in [-0.3, -0.25) is 0 Å². The van der Waals surface area contributed by atoms with E-state index in [1.807, 2.05) is 36.4 Å². The SMILES string of the molecule is C=C(C)C(=O)OCCCCCCCC.C=Cc1ccccc1C=C. The van der Waals surface area contributed by atoms with E-state index in [4.69, 9.17) is 4.74 Å². The summed E-state index contributed by atoms with van der Waals surface area (Å²) in [7, 11) is 0. The van der Waals surface area contributed by atoms with Gasteiger partial charge in [-0.1, -0.05) is 95.2 Å². The number of carbonyl (C=O) groups is 1. The highest BCUT2D eigenvalue weighted by molar-refractivity contribution is 5.86. The standard InChI is InChI=1S/C12H22O2.C10H10/c1-4-5-6-7-8-9-10-14-12(13)11(2)3;1-3-9-7-5-6-8-10(9)4-2/h2,4-10H2,1,3H3;3-8H,1-2H2. The molecule has 0 amide bonds. The summed E-state index contributed by atoms with van der Waals surface area (Å²) in [6, 6.07) is 8.02. The lowest BCUT2D eigenvalue weighted by Gasteiger charge is -2.03. The number of unbranched alkanes of at least 4 members (excludes halogenated alkanes) is 5. The van der Waals surface area contributed by atoms with Crippen LogP contribution in [-0.4, -0.2) is 12.6 Å². The molecule has 0 fully saturated rings. The first-order valence-corrected chi connectivity index (χ1v) is 8.73. The van der Waals surface area contributed by atoms with E-state index in [-0.39, 0.29) is 5.97 Å². The number of hydrogen-bond donors (Lipinski definition) is 0. The van der Waals surface area contributed by atoms with Crippen LogP contribution in [0.25, 0.3) is 12.2 Å². The van der Waals surface area contributed by atoms with Crippen molar-refractivity contribution in [2.24, 2.45) is 0 Å². The molecule has 0 radical (unpaired) electrons. The molecule has 0 spiro atoms. The Labute approximate surface area is 147 Å². The minimum atomic E-state index is -0.265. The number of ether oxygens (including phenoxy) is 1. The number of esters is 1. The largest absolute Gasteiger partial charge is 0.462 e. The van der Waals surface area contributed by atoms with Gasteiger partial charge in [0.15, 0.2) is 0 Å². The Morgan fingerprint density at radius 1 is 1.00 bits per heavy atom. The summed E-state index contributed by atoms with van der Waals surface area (Å²) in [6.45, 7) is 15.3. The second kappa shape index (κ2) is 14.5. The minimum Gasteiger partial charge on any atom is -0.462 e. The van der Waals surface area contributed by atoms with Crippen molar-refractivity contribution < 1.29 is 9.53 Å². The Kier molecular flexibility index (Phi) is 13.2. The molecule has 0 bridgehead atoms. The van der Waals surface area contributed by atoms with E-state index in [2.05, 4.69) is 26.7 Å². The van der Waals surface area contributed by atoms with E-state index in [0.717, 1.165) is 24.0 Å². The average Bonchev–Trinajstić information content (AvgIpc) is 2.61.